The van der Waals surface area contributed by atoms with E-state index in [4.69, 9.17) is 4.74 Å². The Morgan fingerprint density at radius 2 is 2.31 bits per heavy atom. The standard InChI is InChI=1S/C11H13NO/c1-8(2)9-3-6-11(12-7-9)13-10-4-5-10/h3,6-7,10H,1,4-5H2,2H3. The van der Waals surface area contributed by atoms with Gasteiger partial charge in [-0.2, -0.15) is 0 Å². The van der Waals surface area contributed by atoms with Crippen LogP contribution >= 0.6 is 0 Å². The Balaban J connectivity index is 2.08. The van der Waals surface area contributed by atoms with E-state index < -0.39 is 0 Å². The van der Waals surface area contributed by atoms with Crippen LogP contribution in [0, 0.1) is 0 Å². The Morgan fingerprint density at radius 1 is 1.54 bits per heavy atom. The van der Waals surface area contributed by atoms with E-state index in [0.29, 0.717) is 6.10 Å². The summed E-state index contributed by atoms with van der Waals surface area (Å²) in [6.07, 6.45) is 4.57. The van der Waals surface area contributed by atoms with Gasteiger partial charge in [0.2, 0.25) is 5.88 Å². The highest BCUT2D eigenvalue weighted by molar-refractivity contribution is 5.60. The average Bonchev–Trinajstić information content (AvgIpc) is 2.89. The lowest BCUT2D eigenvalue weighted by Crippen LogP contribution is -1.97. The van der Waals surface area contributed by atoms with Crippen LogP contribution in [0.2, 0.25) is 0 Å². The van der Waals surface area contributed by atoms with Gasteiger partial charge in [-0.3, -0.25) is 0 Å². The van der Waals surface area contributed by atoms with Crippen molar-refractivity contribution < 1.29 is 4.74 Å². The molecule has 0 spiro atoms. The minimum Gasteiger partial charge on any atom is -0.474 e. The van der Waals surface area contributed by atoms with Crippen molar-refractivity contribution in [3.63, 3.8) is 0 Å². The van der Waals surface area contributed by atoms with Crippen LogP contribution in [0.4, 0.5) is 0 Å². The molecule has 0 bridgehead atoms. The van der Waals surface area contributed by atoms with E-state index in [-0.39, 0.29) is 0 Å². The van der Waals surface area contributed by atoms with Gasteiger partial charge < -0.3 is 4.74 Å². The summed E-state index contributed by atoms with van der Waals surface area (Å²) in [5.74, 6) is 0.729. The van der Waals surface area contributed by atoms with Gasteiger partial charge in [-0.15, -0.1) is 0 Å². The monoisotopic (exact) mass is 175 g/mol. The van der Waals surface area contributed by atoms with Crippen molar-refractivity contribution in [2.75, 3.05) is 0 Å². The fraction of sp³-hybridized carbons (Fsp3) is 0.364. The number of nitrogens with zero attached hydrogens (tertiary/aromatic N) is 1. The van der Waals surface area contributed by atoms with E-state index >= 15 is 0 Å². The Bertz CT molecular complexity index is 311. The Hall–Kier alpha value is -1.31. The fourth-order valence-electron chi connectivity index (χ4n) is 1.06. The highest BCUT2D eigenvalue weighted by atomic mass is 16.5. The first-order valence-electron chi connectivity index (χ1n) is 4.54. The molecule has 1 aromatic heterocycles. The average molecular weight is 175 g/mol. The van der Waals surface area contributed by atoms with Crippen molar-refractivity contribution in [1.29, 1.82) is 0 Å². The number of hydrogen-bond donors (Lipinski definition) is 0. The van der Waals surface area contributed by atoms with E-state index in [1.165, 1.54) is 12.8 Å². The molecule has 1 saturated carbocycles. The third kappa shape index (κ3) is 2.08. The molecular weight excluding hydrogens is 162 g/mol. The molecule has 0 unspecified atom stereocenters. The summed E-state index contributed by atoms with van der Waals surface area (Å²) in [5.41, 5.74) is 2.11. The van der Waals surface area contributed by atoms with Crippen LogP contribution in [0.5, 0.6) is 5.88 Å². The summed E-state index contributed by atoms with van der Waals surface area (Å²) in [5, 5.41) is 0. The van der Waals surface area contributed by atoms with Crippen molar-refractivity contribution in [2.45, 2.75) is 25.9 Å². The van der Waals surface area contributed by atoms with E-state index in [1.54, 1.807) is 6.20 Å². The van der Waals surface area contributed by atoms with Crippen LogP contribution in [-0.2, 0) is 0 Å². The van der Waals surface area contributed by atoms with Gasteiger partial charge in [-0.1, -0.05) is 6.58 Å². The Morgan fingerprint density at radius 3 is 2.77 bits per heavy atom. The van der Waals surface area contributed by atoms with Gasteiger partial charge in [-0.05, 0) is 37.0 Å². The second-order valence-electron chi connectivity index (χ2n) is 3.48. The van der Waals surface area contributed by atoms with Gasteiger partial charge in [0.1, 0.15) is 6.10 Å². The first-order chi connectivity index (χ1) is 6.25. The van der Waals surface area contributed by atoms with Crippen molar-refractivity contribution in [3.8, 4) is 5.88 Å². The lowest BCUT2D eigenvalue weighted by atomic mass is 10.2. The molecule has 1 aliphatic rings. The van der Waals surface area contributed by atoms with E-state index in [0.717, 1.165) is 17.0 Å². The van der Waals surface area contributed by atoms with Crippen LogP contribution in [0.15, 0.2) is 24.9 Å². The predicted octanol–water partition coefficient (Wildman–Crippen LogP) is 2.66. The lowest BCUT2D eigenvalue weighted by molar-refractivity contribution is 0.291. The van der Waals surface area contributed by atoms with Crippen LogP contribution < -0.4 is 4.74 Å². The molecule has 0 atom stereocenters. The van der Waals surface area contributed by atoms with Crippen LogP contribution in [0.1, 0.15) is 25.3 Å². The van der Waals surface area contributed by atoms with Gasteiger partial charge in [0.25, 0.3) is 0 Å². The topological polar surface area (TPSA) is 22.1 Å². The smallest absolute Gasteiger partial charge is 0.213 e. The summed E-state index contributed by atoms with van der Waals surface area (Å²) < 4.78 is 5.52. The maximum Gasteiger partial charge on any atom is 0.213 e. The van der Waals surface area contributed by atoms with Crippen LogP contribution in [0.25, 0.3) is 5.57 Å². The molecule has 0 saturated heterocycles. The SMILES string of the molecule is C=C(C)c1ccc(OC2CC2)nc1. The summed E-state index contributed by atoms with van der Waals surface area (Å²) >= 11 is 0. The fourth-order valence-corrected chi connectivity index (χ4v) is 1.06. The first kappa shape index (κ1) is 8.30. The lowest BCUT2D eigenvalue weighted by Gasteiger charge is -2.03. The molecule has 0 radical (unpaired) electrons. The molecule has 0 amide bonds. The summed E-state index contributed by atoms with van der Waals surface area (Å²) in [6, 6.07) is 3.90. The Kier molecular flexibility index (Phi) is 2.05. The van der Waals surface area contributed by atoms with E-state index in [2.05, 4.69) is 11.6 Å². The third-order valence-corrected chi connectivity index (χ3v) is 2.04. The number of pyridine rings is 1. The maximum absolute atomic E-state index is 5.52. The molecule has 1 heterocycles. The molecular formula is C11H13NO. The number of aromatic nitrogens is 1. The van der Waals surface area contributed by atoms with Crippen molar-refractivity contribution in [1.82, 2.24) is 4.98 Å². The predicted molar refractivity (Wildman–Crippen MR) is 52.6 cm³/mol. The molecule has 0 aliphatic heterocycles. The van der Waals surface area contributed by atoms with Crippen LogP contribution in [0.3, 0.4) is 0 Å². The zero-order valence-electron chi connectivity index (χ0n) is 7.79. The third-order valence-electron chi connectivity index (χ3n) is 2.04. The van der Waals surface area contributed by atoms with Gasteiger partial charge >= 0.3 is 0 Å². The quantitative estimate of drug-likeness (QED) is 0.704. The Labute approximate surface area is 78.3 Å². The molecule has 1 aliphatic carbocycles. The van der Waals surface area contributed by atoms with Gasteiger partial charge in [0.15, 0.2) is 0 Å². The molecule has 0 N–H and O–H groups in total. The van der Waals surface area contributed by atoms with Crippen molar-refractivity contribution in [2.24, 2.45) is 0 Å². The zero-order valence-corrected chi connectivity index (χ0v) is 7.79. The van der Waals surface area contributed by atoms with E-state index in [1.807, 2.05) is 19.1 Å². The highest BCUT2D eigenvalue weighted by Gasteiger charge is 2.23. The number of ether oxygens (including phenoxy) is 1. The molecule has 2 nitrogen and oxygen atoms in total. The normalized spacial score (nSPS) is 15.5. The second kappa shape index (κ2) is 3.21. The summed E-state index contributed by atoms with van der Waals surface area (Å²) in [4.78, 5) is 4.20. The highest BCUT2D eigenvalue weighted by Crippen LogP contribution is 2.25. The number of hydrogen-bond acceptors (Lipinski definition) is 2. The van der Waals surface area contributed by atoms with Gasteiger partial charge in [0, 0.05) is 12.3 Å². The molecule has 2 heteroatoms. The molecule has 13 heavy (non-hydrogen) atoms. The van der Waals surface area contributed by atoms with E-state index in [9.17, 15) is 0 Å². The van der Waals surface area contributed by atoms with Crippen molar-refractivity contribution >= 4 is 5.57 Å². The van der Waals surface area contributed by atoms with Gasteiger partial charge in [0.05, 0.1) is 0 Å². The molecule has 1 fully saturated rings. The molecule has 1 aromatic rings. The minimum atomic E-state index is 0.420. The first-order valence-corrected chi connectivity index (χ1v) is 4.54. The van der Waals surface area contributed by atoms with Crippen molar-refractivity contribution in [3.05, 3.63) is 30.5 Å². The molecule has 0 aromatic carbocycles. The van der Waals surface area contributed by atoms with Crippen LogP contribution in [-0.4, -0.2) is 11.1 Å². The zero-order chi connectivity index (χ0) is 9.26. The molecule has 2 rings (SSSR count). The minimum absolute atomic E-state index is 0.420. The summed E-state index contributed by atoms with van der Waals surface area (Å²) in [6.45, 7) is 5.82. The largest absolute Gasteiger partial charge is 0.474 e. The van der Waals surface area contributed by atoms with Gasteiger partial charge in [-0.25, -0.2) is 4.98 Å². The maximum atomic E-state index is 5.52. The number of allylic oxidation sites excluding steroid dienone is 1. The summed E-state index contributed by atoms with van der Waals surface area (Å²) in [7, 11) is 0. The second-order valence-corrected chi connectivity index (χ2v) is 3.48. The number of rotatable bonds is 3. The molecule has 68 valence electrons.